The van der Waals surface area contributed by atoms with E-state index < -0.39 is 0 Å². The maximum Gasteiger partial charge on any atom is 0.225 e. The molecule has 1 aliphatic carbocycles. The Kier molecular flexibility index (Phi) is 3.24. The molecule has 2 heterocycles. The fourth-order valence-electron chi connectivity index (χ4n) is 3.11. The van der Waals surface area contributed by atoms with Gasteiger partial charge in [0.1, 0.15) is 0 Å². The summed E-state index contributed by atoms with van der Waals surface area (Å²) in [6.07, 6.45) is 5.03. The van der Waals surface area contributed by atoms with E-state index in [2.05, 4.69) is 5.32 Å². The van der Waals surface area contributed by atoms with Crippen LogP contribution in [0.4, 0.5) is 0 Å². The Morgan fingerprint density at radius 1 is 1.28 bits per heavy atom. The number of amides is 2. The largest absolute Gasteiger partial charge is 0.377 e. The average molecular weight is 252 g/mol. The van der Waals surface area contributed by atoms with Crippen molar-refractivity contribution in [3.63, 3.8) is 0 Å². The number of carbonyl (C=O) groups excluding carboxylic acids is 2. The van der Waals surface area contributed by atoms with Gasteiger partial charge in [0.15, 0.2) is 0 Å². The van der Waals surface area contributed by atoms with Crippen LogP contribution in [0.5, 0.6) is 0 Å². The van der Waals surface area contributed by atoms with E-state index in [1.807, 2.05) is 4.90 Å². The van der Waals surface area contributed by atoms with Crippen molar-refractivity contribution in [1.82, 2.24) is 10.2 Å². The Hall–Kier alpha value is -1.10. The van der Waals surface area contributed by atoms with Gasteiger partial charge in [0.25, 0.3) is 0 Å². The van der Waals surface area contributed by atoms with Crippen LogP contribution >= 0.6 is 0 Å². The van der Waals surface area contributed by atoms with Gasteiger partial charge >= 0.3 is 0 Å². The first-order chi connectivity index (χ1) is 8.74. The predicted molar refractivity (Wildman–Crippen MR) is 64.8 cm³/mol. The summed E-state index contributed by atoms with van der Waals surface area (Å²) < 4.78 is 5.03. The summed E-state index contributed by atoms with van der Waals surface area (Å²) in [6.45, 7) is 1.83. The van der Waals surface area contributed by atoms with E-state index in [9.17, 15) is 9.59 Å². The third kappa shape index (κ3) is 2.23. The minimum Gasteiger partial charge on any atom is -0.377 e. The van der Waals surface area contributed by atoms with E-state index in [4.69, 9.17) is 4.74 Å². The summed E-state index contributed by atoms with van der Waals surface area (Å²) in [4.78, 5) is 25.9. The zero-order valence-electron chi connectivity index (χ0n) is 10.6. The first-order valence-electron chi connectivity index (χ1n) is 6.91. The van der Waals surface area contributed by atoms with Crippen LogP contribution in [-0.4, -0.2) is 48.6 Å². The first-order valence-corrected chi connectivity index (χ1v) is 6.91. The minimum absolute atomic E-state index is 0.0251. The van der Waals surface area contributed by atoms with Gasteiger partial charge in [-0.15, -0.1) is 0 Å². The van der Waals surface area contributed by atoms with E-state index in [1.165, 1.54) is 12.8 Å². The maximum absolute atomic E-state index is 12.0. The molecule has 3 fully saturated rings. The summed E-state index contributed by atoms with van der Waals surface area (Å²) in [7, 11) is 0. The molecule has 5 nitrogen and oxygen atoms in total. The van der Waals surface area contributed by atoms with Crippen molar-refractivity contribution in [2.45, 2.75) is 44.2 Å². The van der Waals surface area contributed by atoms with Crippen molar-refractivity contribution in [3.8, 4) is 0 Å². The number of carbonyl (C=O) groups is 2. The van der Waals surface area contributed by atoms with Gasteiger partial charge < -0.3 is 15.0 Å². The van der Waals surface area contributed by atoms with Crippen molar-refractivity contribution in [2.75, 3.05) is 19.8 Å². The van der Waals surface area contributed by atoms with Crippen LogP contribution in [0.15, 0.2) is 0 Å². The second-order valence-electron chi connectivity index (χ2n) is 5.63. The molecular weight excluding hydrogens is 232 g/mol. The van der Waals surface area contributed by atoms with Crippen LogP contribution < -0.4 is 5.32 Å². The minimum atomic E-state index is -0.154. The molecule has 3 aliphatic rings. The molecule has 3 rings (SSSR count). The number of nitrogens with one attached hydrogen (secondary N) is 1. The number of hydrogen-bond donors (Lipinski definition) is 1. The van der Waals surface area contributed by atoms with Gasteiger partial charge in [-0.1, -0.05) is 12.8 Å². The molecule has 2 saturated heterocycles. The lowest BCUT2D eigenvalue weighted by Crippen LogP contribution is -2.50. The molecule has 2 aliphatic heterocycles. The van der Waals surface area contributed by atoms with Crippen LogP contribution in [0.2, 0.25) is 0 Å². The Morgan fingerprint density at radius 2 is 2.00 bits per heavy atom. The van der Waals surface area contributed by atoms with E-state index in [1.54, 1.807) is 0 Å². The lowest BCUT2D eigenvalue weighted by Gasteiger charge is -2.28. The lowest BCUT2D eigenvalue weighted by molar-refractivity contribution is -0.131. The van der Waals surface area contributed by atoms with E-state index in [0.717, 1.165) is 12.8 Å². The molecular formula is C13H20N2O3. The SMILES string of the molecule is O=C(NC1COC1)C1CC(=O)N(C2CCCC2)C1. The van der Waals surface area contributed by atoms with Gasteiger partial charge in [-0.2, -0.15) is 0 Å². The van der Waals surface area contributed by atoms with Crippen LogP contribution in [0.3, 0.4) is 0 Å². The summed E-state index contributed by atoms with van der Waals surface area (Å²) in [5, 5.41) is 2.95. The number of rotatable bonds is 3. The van der Waals surface area contributed by atoms with Gasteiger partial charge in [-0.3, -0.25) is 9.59 Å². The topological polar surface area (TPSA) is 58.6 Å². The second-order valence-corrected chi connectivity index (χ2v) is 5.63. The van der Waals surface area contributed by atoms with E-state index >= 15 is 0 Å². The van der Waals surface area contributed by atoms with Crippen LogP contribution in [0, 0.1) is 5.92 Å². The van der Waals surface area contributed by atoms with Crippen molar-refractivity contribution in [2.24, 2.45) is 5.92 Å². The van der Waals surface area contributed by atoms with Crippen LogP contribution in [0.1, 0.15) is 32.1 Å². The lowest BCUT2D eigenvalue weighted by atomic mass is 10.1. The summed E-state index contributed by atoms with van der Waals surface area (Å²) in [5.41, 5.74) is 0. The number of hydrogen-bond acceptors (Lipinski definition) is 3. The first kappa shape index (κ1) is 12.0. The number of ether oxygens (including phenoxy) is 1. The highest BCUT2D eigenvalue weighted by atomic mass is 16.5. The molecule has 1 saturated carbocycles. The fourth-order valence-corrected chi connectivity index (χ4v) is 3.11. The molecule has 0 radical (unpaired) electrons. The zero-order chi connectivity index (χ0) is 12.5. The van der Waals surface area contributed by atoms with Gasteiger partial charge in [0.05, 0.1) is 25.2 Å². The highest BCUT2D eigenvalue weighted by Gasteiger charge is 2.39. The summed E-state index contributed by atoms with van der Waals surface area (Å²) >= 11 is 0. The number of nitrogens with zero attached hydrogens (tertiary/aromatic N) is 1. The van der Waals surface area contributed by atoms with Gasteiger partial charge in [0.2, 0.25) is 11.8 Å². The molecule has 18 heavy (non-hydrogen) atoms. The maximum atomic E-state index is 12.0. The standard InChI is InChI=1S/C13H20N2O3/c16-12-5-9(13(17)14-10-7-18-8-10)6-15(12)11-3-1-2-4-11/h9-11H,1-8H2,(H,14,17). The van der Waals surface area contributed by atoms with Gasteiger partial charge in [-0.25, -0.2) is 0 Å². The summed E-state index contributed by atoms with van der Waals surface area (Å²) in [5.74, 6) is 0.0303. The molecule has 1 atom stereocenters. The molecule has 0 aromatic heterocycles. The zero-order valence-corrected chi connectivity index (χ0v) is 10.6. The van der Waals surface area contributed by atoms with E-state index in [0.29, 0.717) is 32.2 Å². The second kappa shape index (κ2) is 4.88. The molecule has 0 aromatic rings. The monoisotopic (exact) mass is 252 g/mol. The highest BCUT2D eigenvalue weighted by Crippen LogP contribution is 2.29. The molecule has 2 amide bonds. The molecule has 0 aromatic carbocycles. The van der Waals surface area contributed by atoms with Gasteiger partial charge in [0, 0.05) is 19.0 Å². The van der Waals surface area contributed by atoms with E-state index in [-0.39, 0.29) is 23.8 Å². The van der Waals surface area contributed by atoms with Crippen LogP contribution in [0.25, 0.3) is 0 Å². The normalized spacial score (nSPS) is 29.7. The van der Waals surface area contributed by atoms with Gasteiger partial charge in [-0.05, 0) is 12.8 Å². The predicted octanol–water partition coefficient (Wildman–Crippen LogP) is 0.292. The van der Waals surface area contributed by atoms with Crippen molar-refractivity contribution < 1.29 is 14.3 Å². The Morgan fingerprint density at radius 3 is 2.61 bits per heavy atom. The quantitative estimate of drug-likeness (QED) is 0.785. The molecule has 0 bridgehead atoms. The highest BCUT2D eigenvalue weighted by molar-refractivity contribution is 5.89. The smallest absolute Gasteiger partial charge is 0.225 e. The third-order valence-electron chi connectivity index (χ3n) is 4.28. The molecule has 0 spiro atoms. The molecule has 1 N–H and O–H groups in total. The Bertz CT molecular complexity index is 348. The molecule has 100 valence electrons. The molecule has 1 unspecified atom stereocenters. The van der Waals surface area contributed by atoms with Crippen molar-refractivity contribution >= 4 is 11.8 Å². The Labute approximate surface area is 107 Å². The number of likely N-dealkylation sites (tertiary alicyclic amines) is 1. The Balaban J connectivity index is 1.55. The van der Waals surface area contributed by atoms with Crippen LogP contribution in [-0.2, 0) is 14.3 Å². The van der Waals surface area contributed by atoms with Crippen molar-refractivity contribution in [3.05, 3.63) is 0 Å². The average Bonchev–Trinajstić information content (AvgIpc) is 2.91. The third-order valence-corrected chi connectivity index (χ3v) is 4.28. The van der Waals surface area contributed by atoms with Crippen molar-refractivity contribution in [1.29, 1.82) is 0 Å². The summed E-state index contributed by atoms with van der Waals surface area (Å²) in [6, 6.07) is 0.551. The molecule has 5 heteroatoms. The fraction of sp³-hybridized carbons (Fsp3) is 0.846.